The summed E-state index contributed by atoms with van der Waals surface area (Å²) in [6, 6.07) is 7.05. The van der Waals surface area contributed by atoms with Crippen molar-refractivity contribution >= 4 is 41.0 Å². The third kappa shape index (κ3) is 5.31. The fourth-order valence-electron chi connectivity index (χ4n) is 3.28. The van der Waals surface area contributed by atoms with Gasteiger partial charge in [-0.2, -0.15) is 0 Å². The van der Waals surface area contributed by atoms with E-state index in [1.165, 1.54) is 4.90 Å². The van der Waals surface area contributed by atoms with E-state index >= 15 is 0 Å². The molecule has 0 aliphatic carbocycles. The highest BCUT2D eigenvalue weighted by atomic mass is 32.1. The van der Waals surface area contributed by atoms with Crippen LogP contribution in [-0.2, 0) is 4.74 Å². The van der Waals surface area contributed by atoms with Crippen molar-refractivity contribution in [3.05, 3.63) is 40.8 Å². The molecule has 1 aliphatic heterocycles. The number of rotatable bonds is 5. The summed E-state index contributed by atoms with van der Waals surface area (Å²) >= 11 is 1.13. The molecule has 164 valence electrons. The number of nitrogens with one attached hydrogen (secondary N) is 2. The summed E-state index contributed by atoms with van der Waals surface area (Å²) in [5.74, 6) is -0.839. The molecular formula is C20H23N5O5S. The van der Waals surface area contributed by atoms with Crippen LogP contribution in [0.1, 0.15) is 32.9 Å². The van der Waals surface area contributed by atoms with Crippen LogP contribution in [-0.4, -0.2) is 55.1 Å². The molecule has 1 aromatic carbocycles. The Morgan fingerprint density at radius 1 is 1.16 bits per heavy atom. The maximum atomic E-state index is 12.8. The SMILES string of the molecule is CNC(=O)c1ccc(-c2cc(NC(N)=O)c(C(=O)OC3CCCN(C(N)=O)C3)s2)cc1. The number of carbonyl (C=O) groups excluding carboxylic acids is 4. The first kappa shape index (κ1) is 22.1. The molecule has 10 nitrogen and oxygen atoms in total. The number of anilines is 1. The largest absolute Gasteiger partial charge is 0.456 e. The van der Waals surface area contributed by atoms with Gasteiger partial charge in [0.05, 0.1) is 12.2 Å². The van der Waals surface area contributed by atoms with Crippen molar-refractivity contribution < 1.29 is 23.9 Å². The molecule has 2 aromatic rings. The Labute approximate surface area is 182 Å². The third-order valence-electron chi connectivity index (χ3n) is 4.80. The molecule has 1 aromatic heterocycles. The van der Waals surface area contributed by atoms with E-state index in [0.717, 1.165) is 16.9 Å². The Hall–Kier alpha value is -3.60. The molecule has 1 aliphatic rings. The Bertz CT molecular complexity index is 1000. The Kier molecular flexibility index (Phi) is 6.75. The number of likely N-dealkylation sites (tertiary alicyclic amines) is 1. The summed E-state index contributed by atoms with van der Waals surface area (Å²) in [6.07, 6.45) is 0.779. The highest BCUT2D eigenvalue weighted by Crippen LogP contribution is 2.36. The average Bonchev–Trinajstić information content (AvgIpc) is 3.16. The smallest absolute Gasteiger partial charge is 0.350 e. The molecule has 0 saturated carbocycles. The first-order valence-electron chi connectivity index (χ1n) is 9.56. The molecule has 6 N–H and O–H groups in total. The van der Waals surface area contributed by atoms with Gasteiger partial charge in [-0.25, -0.2) is 14.4 Å². The van der Waals surface area contributed by atoms with E-state index in [1.807, 2.05) is 0 Å². The second-order valence-corrected chi connectivity index (χ2v) is 8.01. The molecule has 31 heavy (non-hydrogen) atoms. The molecule has 11 heteroatoms. The standard InChI is InChI=1S/C20H23N5O5S/c1-23-17(26)12-6-4-11(5-7-12)15-9-14(24-19(21)28)16(31-15)18(27)30-13-3-2-8-25(10-13)20(22)29/h4-7,9,13H,2-3,8,10H2,1H3,(H2,22,29)(H,23,26)(H3,21,24,28). The summed E-state index contributed by atoms with van der Waals surface area (Å²) < 4.78 is 5.57. The molecule has 2 heterocycles. The molecule has 0 radical (unpaired) electrons. The first-order valence-corrected chi connectivity index (χ1v) is 10.4. The molecule has 3 rings (SSSR count). The van der Waals surface area contributed by atoms with Gasteiger partial charge in [-0.1, -0.05) is 12.1 Å². The van der Waals surface area contributed by atoms with E-state index in [1.54, 1.807) is 37.4 Å². The number of carbonyl (C=O) groups is 4. The van der Waals surface area contributed by atoms with Gasteiger partial charge in [0.15, 0.2) is 0 Å². The summed E-state index contributed by atoms with van der Waals surface area (Å²) in [4.78, 5) is 49.7. The number of primary amides is 2. The number of hydrogen-bond acceptors (Lipinski definition) is 6. The van der Waals surface area contributed by atoms with Crippen LogP contribution >= 0.6 is 11.3 Å². The number of urea groups is 2. The van der Waals surface area contributed by atoms with Crippen LogP contribution in [0.5, 0.6) is 0 Å². The monoisotopic (exact) mass is 445 g/mol. The number of nitrogens with zero attached hydrogens (tertiary/aromatic N) is 1. The third-order valence-corrected chi connectivity index (χ3v) is 5.96. The average molecular weight is 446 g/mol. The van der Waals surface area contributed by atoms with Crippen molar-refractivity contribution in [2.75, 3.05) is 25.5 Å². The lowest BCUT2D eigenvalue weighted by molar-refractivity contribution is 0.0134. The van der Waals surface area contributed by atoms with Gasteiger partial charge in [-0.05, 0) is 36.6 Å². The van der Waals surface area contributed by atoms with Crippen molar-refractivity contribution in [3.63, 3.8) is 0 Å². The van der Waals surface area contributed by atoms with Crippen molar-refractivity contribution in [2.24, 2.45) is 11.5 Å². The summed E-state index contributed by atoms with van der Waals surface area (Å²) in [6.45, 7) is 0.742. The first-order chi connectivity index (χ1) is 14.8. The molecule has 1 unspecified atom stereocenters. The van der Waals surface area contributed by atoms with Crippen LogP contribution in [0.2, 0.25) is 0 Å². The van der Waals surface area contributed by atoms with Crippen molar-refractivity contribution in [3.8, 4) is 10.4 Å². The van der Waals surface area contributed by atoms with Gasteiger partial charge in [0.25, 0.3) is 5.91 Å². The summed E-state index contributed by atoms with van der Waals surface area (Å²) in [5.41, 5.74) is 12.0. The van der Waals surface area contributed by atoms with E-state index in [0.29, 0.717) is 29.8 Å². The number of ether oxygens (including phenoxy) is 1. The lowest BCUT2D eigenvalue weighted by atomic mass is 10.1. The number of nitrogens with two attached hydrogens (primary N) is 2. The van der Waals surface area contributed by atoms with Crippen LogP contribution in [0, 0.1) is 0 Å². The predicted molar refractivity (Wildman–Crippen MR) is 116 cm³/mol. The highest BCUT2D eigenvalue weighted by Gasteiger charge is 2.27. The number of hydrogen-bond donors (Lipinski definition) is 4. The Balaban J connectivity index is 1.83. The van der Waals surface area contributed by atoms with Crippen LogP contribution in [0.15, 0.2) is 30.3 Å². The van der Waals surface area contributed by atoms with Gasteiger partial charge in [0, 0.05) is 24.0 Å². The van der Waals surface area contributed by atoms with Crippen LogP contribution < -0.4 is 22.1 Å². The minimum atomic E-state index is -0.814. The lowest BCUT2D eigenvalue weighted by Crippen LogP contribution is -2.46. The molecule has 0 bridgehead atoms. The van der Waals surface area contributed by atoms with E-state index in [-0.39, 0.29) is 23.0 Å². The maximum absolute atomic E-state index is 12.8. The summed E-state index contributed by atoms with van der Waals surface area (Å²) in [7, 11) is 1.55. The van der Waals surface area contributed by atoms with Crippen LogP contribution in [0.4, 0.5) is 15.3 Å². The normalized spacial score (nSPS) is 15.8. The fourth-order valence-corrected chi connectivity index (χ4v) is 4.28. The second kappa shape index (κ2) is 9.47. The predicted octanol–water partition coefficient (Wildman–Crippen LogP) is 1.97. The van der Waals surface area contributed by atoms with E-state index in [2.05, 4.69) is 10.6 Å². The number of thiophene rings is 1. The quantitative estimate of drug-likeness (QED) is 0.518. The van der Waals surface area contributed by atoms with Crippen molar-refractivity contribution in [2.45, 2.75) is 18.9 Å². The minimum absolute atomic E-state index is 0.181. The van der Waals surface area contributed by atoms with Gasteiger partial charge >= 0.3 is 18.0 Å². The van der Waals surface area contributed by atoms with Crippen molar-refractivity contribution in [1.29, 1.82) is 0 Å². The van der Waals surface area contributed by atoms with Gasteiger partial charge in [-0.3, -0.25) is 4.79 Å². The number of amides is 5. The van der Waals surface area contributed by atoms with Gasteiger partial charge in [0.1, 0.15) is 11.0 Å². The van der Waals surface area contributed by atoms with E-state index in [9.17, 15) is 19.2 Å². The molecule has 5 amide bonds. The zero-order valence-corrected chi connectivity index (χ0v) is 17.7. The molecule has 1 saturated heterocycles. The fraction of sp³-hybridized carbons (Fsp3) is 0.300. The zero-order chi connectivity index (χ0) is 22.5. The number of benzene rings is 1. The van der Waals surface area contributed by atoms with Crippen molar-refractivity contribution in [1.82, 2.24) is 10.2 Å². The molecule has 1 fully saturated rings. The number of piperidine rings is 1. The molecule has 0 spiro atoms. The second-order valence-electron chi connectivity index (χ2n) is 6.95. The highest BCUT2D eigenvalue weighted by molar-refractivity contribution is 7.18. The van der Waals surface area contributed by atoms with E-state index < -0.39 is 24.1 Å². The van der Waals surface area contributed by atoms with Gasteiger partial charge < -0.3 is 31.7 Å². The molecular weight excluding hydrogens is 422 g/mol. The topological polar surface area (TPSA) is 157 Å². The van der Waals surface area contributed by atoms with E-state index in [4.69, 9.17) is 16.2 Å². The van der Waals surface area contributed by atoms with Gasteiger partial charge in [-0.15, -0.1) is 11.3 Å². The van der Waals surface area contributed by atoms with Crippen LogP contribution in [0.3, 0.4) is 0 Å². The molecule has 1 atom stereocenters. The number of esters is 1. The van der Waals surface area contributed by atoms with Gasteiger partial charge in [0.2, 0.25) is 0 Å². The Morgan fingerprint density at radius 3 is 2.48 bits per heavy atom. The minimum Gasteiger partial charge on any atom is -0.456 e. The van der Waals surface area contributed by atoms with Crippen LogP contribution in [0.25, 0.3) is 10.4 Å². The Morgan fingerprint density at radius 2 is 1.87 bits per heavy atom. The summed E-state index contributed by atoms with van der Waals surface area (Å²) in [5, 5.41) is 5.00. The lowest BCUT2D eigenvalue weighted by Gasteiger charge is -2.31. The maximum Gasteiger partial charge on any atom is 0.350 e. The zero-order valence-electron chi connectivity index (χ0n) is 16.8.